The van der Waals surface area contributed by atoms with Gasteiger partial charge < -0.3 is 10.4 Å². The van der Waals surface area contributed by atoms with Crippen molar-refractivity contribution in [3.63, 3.8) is 0 Å². The number of aryl methyl sites for hydroxylation is 2. The molecule has 0 saturated carbocycles. The minimum atomic E-state index is -0.520. The van der Waals surface area contributed by atoms with Gasteiger partial charge in [0.25, 0.3) is 0 Å². The maximum Gasteiger partial charge on any atom is 0.244 e. The quantitative estimate of drug-likeness (QED) is 0.779. The molecule has 17 heavy (non-hydrogen) atoms. The molecular weight excluding hydrogens is 214 g/mol. The highest BCUT2D eigenvalue weighted by molar-refractivity contribution is 5.91. The van der Waals surface area contributed by atoms with Crippen molar-refractivity contribution in [3.8, 4) is 0 Å². The van der Waals surface area contributed by atoms with Gasteiger partial charge in [-0.3, -0.25) is 4.79 Å². The Morgan fingerprint density at radius 3 is 2.47 bits per heavy atom. The molecule has 1 rings (SSSR count). The van der Waals surface area contributed by atoms with Crippen LogP contribution in [0.1, 0.15) is 23.6 Å². The molecule has 0 bridgehead atoms. The number of hydrogen-bond donors (Lipinski definition) is 2. The van der Waals surface area contributed by atoms with Gasteiger partial charge in [0.05, 0.1) is 6.10 Å². The third kappa shape index (κ3) is 5.31. The number of amides is 1. The molecule has 1 unspecified atom stereocenters. The first-order valence-electron chi connectivity index (χ1n) is 5.69. The van der Waals surface area contributed by atoms with Crippen LogP contribution in [0.3, 0.4) is 0 Å². The number of carbonyl (C=O) groups is 1. The minimum absolute atomic E-state index is 0.190. The first-order chi connectivity index (χ1) is 7.97. The average Bonchev–Trinajstić information content (AvgIpc) is 2.22. The normalized spacial score (nSPS) is 12.7. The molecule has 3 nitrogen and oxygen atoms in total. The van der Waals surface area contributed by atoms with E-state index in [2.05, 4.69) is 11.4 Å². The number of aliphatic hydroxyl groups is 1. The molecule has 1 atom stereocenters. The van der Waals surface area contributed by atoms with Crippen molar-refractivity contribution in [1.29, 1.82) is 0 Å². The molecule has 0 aliphatic rings. The van der Waals surface area contributed by atoms with Gasteiger partial charge in [0.1, 0.15) is 0 Å². The van der Waals surface area contributed by atoms with Crippen LogP contribution in [0.15, 0.2) is 24.3 Å². The van der Waals surface area contributed by atoms with Gasteiger partial charge in [0.15, 0.2) is 0 Å². The third-order valence-corrected chi connectivity index (χ3v) is 2.24. The molecule has 92 valence electrons. The topological polar surface area (TPSA) is 49.3 Å². The smallest absolute Gasteiger partial charge is 0.244 e. The Labute approximate surface area is 102 Å². The summed E-state index contributed by atoms with van der Waals surface area (Å²) in [6, 6.07) is 6.13. The summed E-state index contributed by atoms with van der Waals surface area (Å²) in [5.41, 5.74) is 3.36. The van der Waals surface area contributed by atoms with Crippen molar-refractivity contribution in [1.82, 2.24) is 5.32 Å². The fourth-order valence-corrected chi connectivity index (χ4v) is 1.59. The summed E-state index contributed by atoms with van der Waals surface area (Å²) in [7, 11) is 0. The molecule has 0 aliphatic carbocycles. The van der Waals surface area contributed by atoms with E-state index in [0.29, 0.717) is 0 Å². The molecule has 0 saturated heterocycles. The molecule has 3 heteroatoms. The van der Waals surface area contributed by atoms with Crippen LogP contribution in [0.25, 0.3) is 6.08 Å². The van der Waals surface area contributed by atoms with Crippen LogP contribution < -0.4 is 5.32 Å². The fraction of sp³-hybridized carbons (Fsp3) is 0.357. The van der Waals surface area contributed by atoms with E-state index in [0.717, 1.165) is 5.56 Å². The Bertz CT molecular complexity index is 402. The summed E-state index contributed by atoms with van der Waals surface area (Å²) < 4.78 is 0. The van der Waals surface area contributed by atoms with E-state index in [1.165, 1.54) is 17.2 Å². The van der Waals surface area contributed by atoms with Gasteiger partial charge in [0, 0.05) is 12.6 Å². The lowest BCUT2D eigenvalue weighted by Crippen LogP contribution is -2.28. The van der Waals surface area contributed by atoms with Gasteiger partial charge >= 0.3 is 0 Å². The first-order valence-corrected chi connectivity index (χ1v) is 5.69. The van der Waals surface area contributed by atoms with Gasteiger partial charge in [-0.25, -0.2) is 0 Å². The number of benzene rings is 1. The Morgan fingerprint density at radius 1 is 1.35 bits per heavy atom. The van der Waals surface area contributed by atoms with Gasteiger partial charge in [-0.15, -0.1) is 0 Å². The number of rotatable bonds is 4. The van der Waals surface area contributed by atoms with E-state index < -0.39 is 6.10 Å². The zero-order valence-electron chi connectivity index (χ0n) is 10.5. The summed E-state index contributed by atoms with van der Waals surface area (Å²) in [4.78, 5) is 11.4. The van der Waals surface area contributed by atoms with Gasteiger partial charge in [0.2, 0.25) is 5.91 Å². The summed E-state index contributed by atoms with van der Waals surface area (Å²) >= 11 is 0. The molecule has 2 N–H and O–H groups in total. The van der Waals surface area contributed by atoms with Crippen LogP contribution in [0.2, 0.25) is 0 Å². The highest BCUT2D eigenvalue weighted by Crippen LogP contribution is 2.10. The second kappa shape index (κ2) is 6.21. The van der Waals surface area contributed by atoms with Crippen molar-refractivity contribution >= 4 is 12.0 Å². The van der Waals surface area contributed by atoms with Crippen LogP contribution in [-0.4, -0.2) is 23.7 Å². The molecule has 0 aromatic heterocycles. The average molecular weight is 233 g/mol. The highest BCUT2D eigenvalue weighted by atomic mass is 16.3. The number of aliphatic hydroxyl groups excluding tert-OH is 1. The van der Waals surface area contributed by atoms with Crippen molar-refractivity contribution in [2.75, 3.05) is 6.54 Å². The number of nitrogens with one attached hydrogen (secondary N) is 1. The largest absolute Gasteiger partial charge is 0.392 e. The molecule has 0 radical (unpaired) electrons. The SMILES string of the molecule is Cc1cc(C)cc(/C=C/C(=O)NCC(C)O)c1. The zero-order valence-corrected chi connectivity index (χ0v) is 10.5. The van der Waals surface area contributed by atoms with Crippen LogP contribution in [0, 0.1) is 13.8 Å². The maximum atomic E-state index is 11.4. The summed E-state index contributed by atoms with van der Waals surface area (Å²) in [5.74, 6) is -0.190. The van der Waals surface area contributed by atoms with Crippen LogP contribution in [-0.2, 0) is 4.79 Å². The van der Waals surface area contributed by atoms with E-state index >= 15 is 0 Å². The molecule has 1 aromatic carbocycles. The van der Waals surface area contributed by atoms with Crippen molar-refractivity contribution in [3.05, 3.63) is 41.0 Å². The lowest BCUT2D eigenvalue weighted by molar-refractivity contribution is -0.116. The van der Waals surface area contributed by atoms with Crippen molar-refractivity contribution in [2.24, 2.45) is 0 Å². The van der Waals surface area contributed by atoms with Crippen molar-refractivity contribution in [2.45, 2.75) is 26.9 Å². The van der Waals surface area contributed by atoms with E-state index in [1.807, 2.05) is 26.0 Å². The standard InChI is InChI=1S/C14H19NO2/c1-10-6-11(2)8-13(7-10)4-5-14(17)15-9-12(3)16/h4-8,12,16H,9H2,1-3H3,(H,15,17)/b5-4+. The molecule has 1 amide bonds. The lowest BCUT2D eigenvalue weighted by atomic mass is 10.1. The van der Waals surface area contributed by atoms with Crippen LogP contribution in [0.5, 0.6) is 0 Å². The van der Waals surface area contributed by atoms with Crippen molar-refractivity contribution < 1.29 is 9.90 Å². The molecule has 0 spiro atoms. The predicted molar refractivity (Wildman–Crippen MR) is 69.6 cm³/mol. The van der Waals surface area contributed by atoms with E-state index in [-0.39, 0.29) is 12.5 Å². The summed E-state index contributed by atoms with van der Waals surface area (Å²) in [6.45, 7) is 5.96. The lowest BCUT2D eigenvalue weighted by Gasteiger charge is -2.04. The van der Waals surface area contributed by atoms with Gasteiger partial charge in [-0.1, -0.05) is 29.3 Å². The molecule has 0 heterocycles. The maximum absolute atomic E-state index is 11.4. The summed E-state index contributed by atoms with van der Waals surface area (Å²) in [6.07, 6.45) is 2.74. The highest BCUT2D eigenvalue weighted by Gasteiger charge is 1.98. The first kappa shape index (κ1) is 13.5. The predicted octanol–water partition coefficient (Wildman–Crippen LogP) is 1.81. The molecule has 1 aromatic rings. The second-order valence-corrected chi connectivity index (χ2v) is 4.35. The van der Waals surface area contributed by atoms with E-state index in [1.54, 1.807) is 13.0 Å². The van der Waals surface area contributed by atoms with E-state index in [4.69, 9.17) is 5.11 Å². The second-order valence-electron chi connectivity index (χ2n) is 4.35. The minimum Gasteiger partial charge on any atom is -0.392 e. The Kier molecular flexibility index (Phi) is 4.91. The van der Waals surface area contributed by atoms with Crippen LogP contribution in [0.4, 0.5) is 0 Å². The molecule has 0 fully saturated rings. The van der Waals surface area contributed by atoms with Gasteiger partial charge in [-0.2, -0.15) is 0 Å². The summed E-state index contributed by atoms with van der Waals surface area (Å²) in [5, 5.41) is 11.6. The van der Waals surface area contributed by atoms with Crippen LogP contribution >= 0.6 is 0 Å². The Balaban J connectivity index is 2.60. The number of carbonyl (C=O) groups excluding carboxylic acids is 1. The molecule has 0 aliphatic heterocycles. The fourth-order valence-electron chi connectivity index (χ4n) is 1.59. The third-order valence-electron chi connectivity index (χ3n) is 2.24. The number of hydrogen-bond acceptors (Lipinski definition) is 2. The monoisotopic (exact) mass is 233 g/mol. The van der Waals surface area contributed by atoms with Gasteiger partial charge in [-0.05, 0) is 32.4 Å². The zero-order chi connectivity index (χ0) is 12.8. The molecular formula is C14H19NO2. The Hall–Kier alpha value is -1.61. The van der Waals surface area contributed by atoms with E-state index in [9.17, 15) is 4.79 Å². The Morgan fingerprint density at radius 2 is 1.94 bits per heavy atom.